The summed E-state index contributed by atoms with van der Waals surface area (Å²) in [7, 11) is 1.90. The van der Waals surface area contributed by atoms with Crippen LogP contribution in [-0.4, -0.2) is 40.9 Å². The van der Waals surface area contributed by atoms with Gasteiger partial charge in [0.2, 0.25) is 0 Å². The van der Waals surface area contributed by atoms with Gasteiger partial charge in [-0.05, 0) is 31.5 Å². The number of aryl methyl sites for hydroxylation is 1. The first-order valence-electron chi connectivity index (χ1n) is 5.79. The molecule has 2 heterocycles. The van der Waals surface area contributed by atoms with Gasteiger partial charge in [0.05, 0.1) is 12.2 Å². The molecular formula is C12H19N3O. The van der Waals surface area contributed by atoms with Crippen LogP contribution >= 0.6 is 0 Å². The first kappa shape index (κ1) is 11.4. The van der Waals surface area contributed by atoms with E-state index >= 15 is 0 Å². The van der Waals surface area contributed by atoms with E-state index in [0.29, 0.717) is 6.54 Å². The van der Waals surface area contributed by atoms with E-state index in [1.807, 2.05) is 29.9 Å². The smallest absolute Gasteiger partial charge is 0.193 e. The van der Waals surface area contributed by atoms with Crippen LogP contribution in [0.4, 0.5) is 0 Å². The third-order valence-corrected chi connectivity index (χ3v) is 3.14. The summed E-state index contributed by atoms with van der Waals surface area (Å²) in [5.41, 5.74) is 6.67. The molecule has 4 nitrogen and oxygen atoms in total. The third kappa shape index (κ3) is 2.51. The lowest BCUT2D eigenvalue weighted by atomic mass is 10.1. The Morgan fingerprint density at radius 1 is 1.62 bits per heavy atom. The lowest BCUT2D eigenvalue weighted by molar-refractivity contribution is 0.0900. The van der Waals surface area contributed by atoms with Crippen molar-refractivity contribution in [2.45, 2.75) is 18.9 Å². The molecule has 88 valence electrons. The van der Waals surface area contributed by atoms with Crippen LogP contribution in [0.3, 0.4) is 0 Å². The van der Waals surface area contributed by atoms with Gasteiger partial charge in [0.1, 0.15) is 0 Å². The minimum absolute atomic E-state index is 0.182. The molecule has 2 rings (SSSR count). The number of piperidine rings is 1. The second-order valence-electron chi connectivity index (χ2n) is 4.56. The maximum absolute atomic E-state index is 12.0. The number of carbonyl (C=O) groups excluding carboxylic acids is 1. The predicted molar refractivity (Wildman–Crippen MR) is 63.4 cm³/mol. The van der Waals surface area contributed by atoms with Crippen molar-refractivity contribution in [1.29, 1.82) is 0 Å². The van der Waals surface area contributed by atoms with E-state index in [4.69, 9.17) is 5.73 Å². The van der Waals surface area contributed by atoms with Crippen molar-refractivity contribution < 1.29 is 4.79 Å². The zero-order chi connectivity index (χ0) is 11.5. The molecule has 1 atom stereocenters. The molecule has 1 aliphatic heterocycles. The second kappa shape index (κ2) is 4.80. The molecule has 16 heavy (non-hydrogen) atoms. The maximum atomic E-state index is 12.0. The summed E-state index contributed by atoms with van der Waals surface area (Å²) in [4.78, 5) is 14.2. The van der Waals surface area contributed by atoms with Crippen LogP contribution in [-0.2, 0) is 7.05 Å². The quantitative estimate of drug-likeness (QED) is 0.762. The Hall–Kier alpha value is -1.13. The summed E-state index contributed by atoms with van der Waals surface area (Å²) >= 11 is 0. The van der Waals surface area contributed by atoms with Gasteiger partial charge >= 0.3 is 0 Å². The summed E-state index contributed by atoms with van der Waals surface area (Å²) in [5, 5.41) is 0. The number of nitrogens with zero attached hydrogens (tertiary/aromatic N) is 2. The van der Waals surface area contributed by atoms with Crippen LogP contribution in [0.25, 0.3) is 0 Å². The first-order valence-corrected chi connectivity index (χ1v) is 5.79. The molecule has 0 aromatic carbocycles. The van der Waals surface area contributed by atoms with Gasteiger partial charge in [0.25, 0.3) is 0 Å². The fourth-order valence-corrected chi connectivity index (χ4v) is 2.27. The molecule has 0 spiro atoms. The first-order chi connectivity index (χ1) is 7.66. The van der Waals surface area contributed by atoms with Crippen LogP contribution in [0.15, 0.2) is 18.3 Å². The standard InChI is InChI=1S/C12H19N3O/c1-14-6-3-5-11(14)12(16)9-15-7-2-4-10(13)8-15/h3,5-6,10H,2,4,7-9,13H2,1H3. The topological polar surface area (TPSA) is 51.3 Å². The SMILES string of the molecule is Cn1cccc1C(=O)CN1CCCC(N)C1. The highest BCUT2D eigenvalue weighted by Crippen LogP contribution is 2.09. The summed E-state index contributed by atoms with van der Waals surface area (Å²) in [5.74, 6) is 0.182. The van der Waals surface area contributed by atoms with Crippen molar-refractivity contribution in [2.75, 3.05) is 19.6 Å². The number of likely N-dealkylation sites (tertiary alicyclic amines) is 1. The highest BCUT2D eigenvalue weighted by Gasteiger charge is 2.20. The Morgan fingerprint density at radius 2 is 2.44 bits per heavy atom. The number of Topliss-reactive ketones (excluding diaryl/α,β-unsaturated/α-hetero) is 1. The predicted octanol–water partition coefficient (Wildman–Crippen LogP) is 0.631. The molecule has 1 aromatic rings. The molecule has 1 unspecified atom stereocenters. The molecule has 1 saturated heterocycles. The largest absolute Gasteiger partial charge is 0.348 e. The molecular weight excluding hydrogens is 202 g/mol. The zero-order valence-corrected chi connectivity index (χ0v) is 9.72. The average molecular weight is 221 g/mol. The minimum atomic E-state index is 0.182. The van der Waals surface area contributed by atoms with Gasteiger partial charge in [-0.2, -0.15) is 0 Å². The van der Waals surface area contributed by atoms with Crippen molar-refractivity contribution in [2.24, 2.45) is 12.8 Å². The Kier molecular flexibility index (Phi) is 3.41. The van der Waals surface area contributed by atoms with Gasteiger partial charge < -0.3 is 10.3 Å². The molecule has 0 saturated carbocycles. The van der Waals surface area contributed by atoms with E-state index in [9.17, 15) is 4.79 Å². The number of ketones is 1. The van der Waals surface area contributed by atoms with E-state index in [2.05, 4.69) is 4.90 Å². The van der Waals surface area contributed by atoms with E-state index < -0.39 is 0 Å². The molecule has 0 amide bonds. The Balaban J connectivity index is 1.95. The van der Waals surface area contributed by atoms with Crippen molar-refractivity contribution in [1.82, 2.24) is 9.47 Å². The maximum Gasteiger partial charge on any atom is 0.193 e. The van der Waals surface area contributed by atoms with E-state index in [-0.39, 0.29) is 11.8 Å². The van der Waals surface area contributed by atoms with Crippen LogP contribution in [0.2, 0.25) is 0 Å². The highest BCUT2D eigenvalue weighted by atomic mass is 16.1. The molecule has 1 aliphatic rings. The Morgan fingerprint density at radius 3 is 3.06 bits per heavy atom. The molecule has 0 radical (unpaired) electrons. The van der Waals surface area contributed by atoms with Crippen LogP contribution < -0.4 is 5.73 Å². The molecule has 1 aromatic heterocycles. The average Bonchev–Trinajstić information content (AvgIpc) is 2.64. The summed E-state index contributed by atoms with van der Waals surface area (Å²) in [6.07, 6.45) is 4.08. The zero-order valence-electron chi connectivity index (χ0n) is 9.72. The molecule has 4 heteroatoms. The van der Waals surface area contributed by atoms with Gasteiger partial charge in [-0.3, -0.25) is 9.69 Å². The second-order valence-corrected chi connectivity index (χ2v) is 4.56. The Labute approximate surface area is 96.0 Å². The fraction of sp³-hybridized carbons (Fsp3) is 0.583. The van der Waals surface area contributed by atoms with Gasteiger partial charge in [0, 0.05) is 25.8 Å². The number of carbonyl (C=O) groups is 1. The number of rotatable bonds is 3. The Bertz CT molecular complexity index is 372. The number of hydrogen-bond donors (Lipinski definition) is 1. The van der Waals surface area contributed by atoms with Crippen molar-refractivity contribution in [3.05, 3.63) is 24.0 Å². The monoisotopic (exact) mass is 221 g/mol. The van der Waals surface area contributed by atoms with Crippen molar-refractivity contribution in [3.63, 3.8) is 0 Å². The summed E-state index contributed by atoms with van der Waals surface area (Å²) in [6, 6.07) is 4.00. The normalized spacial score (nSPS) is 22.2. The van der Waals surface area contributed by atoms with E-state index in [0.717, 1.165) is 31.6 Å². The molecule has 2 N–H and O–H groups in total. The number of nitrogens with two attached hydrogens (primary N) is 1. The van der Waals surface area contributed by atoms with Gasteiger partial charge in [-0.15, -0.1) is 0 Å². The molecule has 1 fully saturated rings. The van der Waals surface area contributed by atoms with E-state index in [1.54, 1.807) is 0 Å². The lowest BCUT2D eigenvalue weighted by Gasteiger charge is -2.29. The van der Waals surface area contributed by atoms with Gasteiger partial charge in [0.15, 0.2) is 5.78 Å². The van der Waals surface area contributed by atoms with E-state index in [1.165, 1.54) is 0 Å². The summed E-state index contributed by atoms with van der Waals surface area (Å²) in [6.45, 7) is 2.32. The van der Waals surface area contributed by atoms with Crippen LogP contribution in [0.5, 0.6) is 0 Å². The van der Waals surface area contributed by atoms with Crippen LogP contribution in [0, 0.1) is 0 Å². The molecule has 0 aliphatic carbocycles. The number of hydrogen-bond acceptors (Lipinski definition) is 3. The fourth-order valence-electron chi connectivity index (χ4n) is 2.27. The lowest BCUT2D eigenvalue weighted by Crippen LogP contribution is -2.44. The molecule has 0 bridgehead atoms. The van der Waals surface area contributed by atoms with Crippen molar-refractivity contribution in [3.8, 4) is 0 Å². The van der Waals surface area contributed by atoms with Crippen LogP contribution in [0.1, 0.15) is 23.3 Å². The highest BCUT2D eigenvalue weighted by molar-refractivity contribution is 5.96. The third-order valence-electron chi connectivity index (χ3n) is 3.14. The van der Waals surface area contributed by atoms with Crippen molar-refractivity contribution >= 4 is 5.78 Å². The van der Waals surface area contributed by atoms with Gasteiger partial charge in [-0.25, -0.2) is 0 Å². The summed E-state index contributed by atoms with van der Waals surface area (Å²) < 4.78 is 1.87. The minimum Gasteiger partial charge on any atom is -0.348 e. The van der Waals surface area contributed by atoms with Gasteiger partial charge in [-0.1, -0.05) is 0 Å². The number of aromatic nitrogens is 1.